The lowest BCUT2D eigenvalue weighted by molar-refractivity contribution is 0.390. The zero-order chi connectivity index (χ0) is 21.9. The van der Waals surface area contributed by atoms with Crippen molar-refractivity contribution < 1.29 is 5.11 Å². The van der Waals surface area contributed by atoms with E-state index in [0.29, 0.717) is 17.7 Å². The number of fused-ring (bicyclic) bond motifs is 2. The summed E-state index contributed by atoms with van der Waals surface area (Å²) >= 11 is 0. The van der Waals surface area contributed by atoms with E-state index in [0.717, 1.165) is 24.6 Å². The van der Waals surface area contributed by atoms with Gasteiger partial charge in [-0.05, 0) is 70.8 Å². The van der Waals surface area contributed by atoms with Gasteiger partial charge in [0.05, 0.1) is 0 Å². The number of phenols is 1. The number of aryl methyl sites for hydroxylation is 1. The SMILES string of the molecule is CCC(C(CCc1ccccc1)c1ccc2cc(O)ccc2c1)n1ccc2ccccc21. The van der Waals surface area contributed by atoms with Gasteiger partial charge >= 0.3 is 0 Å². The lowest BCUT2D eigenvalue weighted by Gasteiger charge is -2.29. The van der Waals surface area contributed by atoms with Crippen LogP contribution in [-0.2, 0) is 6.42 Å². The molecule has 0 fully saturated rings. The molecule has 160 valence electrons. The third kappa shape index (κ3) is 4.01. The quantitative estimate of drug-likeness (QED) is 0.285. The van der Waals surface area contributed by atoms with Gasteiger partial charge in [0, 0.05) is 23.7 Å². The summed E-state index contributed by atoms with van der Waals surface area (Å²) in [6.45, 7) is 2.30. The maximum Gasteiger partial charge on any atom is 0.116 e. The van der Waals surface area contributed by atoms with Gasteiger partial charge in [0.2, 0.25) is 0 Å². The smallest absolute Gasteiger partial charge is 0.116 e. The molecular weight excluding hydrogens is 390 g/mol. The van der Waals surface area contributed by atoms with Crippen LogP contribution in [0, 0.1) is 0 Å². The Labute approximate surface area is 189 Å². The van der Waals surface area contributed by atoms with Crippen LogP contribution in [0.1, 0.15) is 42.9 Å². The molecule has 0 spiro atoms. The van der Waals surface area contributed by atoms with Crippen LogP contribution in [0.4, 0.5) is 0 Å². The van der Waals surface area contributed by atoms with E-state index >= 15 is 0 Å². The van der Waals surface area contributed by atoms with Crippen LogP contribution in [0.5, 0.6) is 5.75 Å². The molecule has 2 unspecified atom stereocenters. The first-order chi connectivity index (χ1) is 15.7. The second-order valence-corrected chi connectivity index (χ2v) is 8.68. The number of nitrogens with zero attached hydrogens (tertiary/aromatic N) is 1. The van der Waals surface area contributed by atoms with E-state index in [2.05, 4.69) is 96.6 Å². The van der Waals surface area contributed by atoms with Crippen molar-refractivity contribution in [2.24, 2.45) is 0 Å². The molecule has 0 saturated carbocycles. The largest absolute Gasteiger partial charge is 0.508 e. The first-order valence-corrected chi connectivity index (χ1v) is 11.5. The van der Waals surface area contributed by atoms with Crippen molar-refractivity contribution in [1.29, 1.82) is 0 Å². The van der Waals surface area contributed by atoms with Crippen molar-refractivity contribution in [2.75, 3.05) is 0 Å². The van der Waals surface area contributed by atoms with Crippen LogP contribution in [0.15, 0.2) is 103 Å². The Balaban J connectivity index is 1.57. The Bertz CT molecular complexity index is 1340. The van der Waals surface area contributed by atoms with Crippen LogP contribution >= 0.6 is 0 Å². The lowest BCUT2D eigenvalue weighted by atomic mass is 9.84. The molecule has 5 aromatic rings. The third-order valence-corrected chi connectivity index (χ3v) is 6.73. The zero-order valence-electron chi connectivity index (χ0n) is 18.5. The Hall–Kier alpha value is -3.52. The summed E-state index contributed by atoms with van der Waals surface area (Å²) in [6.07, 6.45) is 5.45. The topological polar surface area (TPSA) is 25.2 Å². The van der Waals surface area contributed by atoms with Gasteiger partial charge in [-0.15, -0.1) is 0 Å². The number of hydrogen-bond acceptors (Lipinski definition) is 1. The average molecular weight is 420 g/mol. The van der Waals surface area contributed by atoms with Crippen LogP contribution in [0.2, 0.25) is 0 Å². The minimum atomic E-state index is 0.316. The van der Waals surface area contributed by atoms with E-state index < -0.39 is 0 Å². The van der Waals surface area contributed by atoms with E-state index in [-0.39, 0.29) is 0 Å². The number of phenolic OH excluding ortho intramolecular Hbond substituents is 1. The van der Waals surface area contributed by atoms with Crippen LogP contribution in [-0.4, -0.2) is 9.67 Å². The highest BCUT2D eigenvalue weighted by Crippen LogP contribution is 2.39. The Kier molecular flexibility index (Phi) is 5.68. The fourth-order valence-electron chi connectivity index (χ4n) is 5.10. The predicted octanol–water partition coefficient (Wildman–Crippen LogP) is 7.87. The Morgan fingerprint density at radius 3 is 2.34 bits per heavy atom. The number of hydrogen-bond donors (Lipinski definition) is 1. The average Bonchev–Trinajstić information content (AvgIpc) is 3.26. The highest BCUT2D eigenvalue weighted by Gasteiger charge is 2.24. The fraction of sp³-hybridized carbons (Fsp3) is 0.200. The summed E-state index contributed by atoms with van der Waals surface area (Å²) in [6, 6.07) is 34.4. The molecule has 0 aliphatic carbocycles. The molecule has 32 heavy (non-hydrogen) atoms. The Morgan fingerprint density at radius 1 is 0.750 bits per heavy atom. The summed E-state index contributed by atoms with van der Waals surface area (Å²) in [4.78, 5) is 0. The third-order valence-electron chi connectivity index (χ3n) is 6.73. The standard InChI is InChI=1S/C30H29NO/c1-2-29(31-19-18-23-10-6-7-11-30(23)31)28(17-12-22-8-4-3-5-9-22)26-14-13-25-21-27(32)16-15-24(25)20-26/h3-11,13-16,18-21,28-29,32H,2,12,17H2,1H3. The monoisotopic (exact) mass is 419 g/mol. The van der Waals surface area contributed by atoms with Crippen molar-refractivity contribution in [3.05, 3.63) is 114 Å². The molecule has 2 atom stereocenters. The second kappa shape index (κ2) is 8.92. The molecule has 4 aromatic carbocycles. The first kappa shape index (κ1) is 20.4. The predicted molar refractivity (Wildman–Crippen MR) is 134 cm³/mol. The number of para-hydroxylation sites is 1. The van der Waals surface area contributed by atoms with Gasteiger partial charge in [0.1, 0.15) is 5.75 Å². The minimum absolute atomic E-state index is 0.316. The molecule has 2 heteroatoms. The molecule has 0 amide bonds. The fourth-order valence-corrected chi connectivity index (χ4v) is 5.10. The highest BCUT2D eigenvalue weighted by atomic mass is 16.3. The molecule has 0 bridgehead atoms. The molecule has 5 rings (SSSR count). The van der Waals surface area contributed by atoms with Gasteiger partial charge in [0.15, 0.2) is 0 Å². The van der Waals surface area contributed by atoms with E-state index in [9.17, 15) is 5.11 Å². The second-order valence-electron chi connectivity index (χ2n) is 8.68. The summed E-state index contributed by atoms with van der Waals surface area (Å²) in [5, 5.41) is 13.4. The maximum atomic E-state index is 9.87. The molecule has 1 N–H and O–H groups in total. The Morgan fingerprint density at radius 2 is 1.50 bits per heavy atom. The van der Waals surface area contributed by atoms with Gasteiger partial charge in [-0.2, -0.15) is 0 Å². The van der Waals surface area contributed by atoms with Gasteiger partial charge in [-0.1, -0.05) is 79.7 Å². The molecule has 0 aliphatic rings. The van der Waals surface area contributed by atoms with E-state index in [1.165, 1.54) is 27.4 Å². The van der Waals surface area contributed by atoms with Crippen LogP contribution in [0.3, 0.4) is 0 Å². The van der Waals surface area contributed by atoms with Crippen molar-refractivity contribution in [2.45, 2.75) is 38.1 Å². The van der Waals surface area contributed by atoms with Crippen molar-refractivity contribution >= 4 is 21.7 Å². The van der Waals surface area contributed by atoms with E-state index in [4.69, 9.17) is 0 Å². The lowest BCUT2D eigenvalue weighted by Crippen LogP contribution is -2.18. The molecule has 0 aliphatic heterocycles. The number of rotatable bonds is 7. The summed E-state index contributed by atoms with van der Waals surface area (Å²) in [5.41, 5.74) is 4.05. The van der Waals surface area contributed by atoms with Crippen molar-refractivity contribution in [3.63, 3.8) is 0 Å². The number of benzene rings is 4. The van der Waals surface area contributed by atoms with Crippen LogP contribution in [0.25, 0.3) is 21.7 Å². The first-order valence-electron chi connectivity index (χ1n) is 11.5. The van der Waals surface area contributed by atoms with E-state index in [1.807, 2.05) is 12.1 Å². The number of aromatic nitrogens is 1. The molecule has 2 nitrogen and oxygen atoms in total. The minimum Gasteiger partial charge on any atom is -0.508 e. The van der Waals surface area contributed by atoms with Crippen LogP contribution < -0.4 is 0 Å². The number of aromatic hydroxyl groups is 1. The highest BCUT2D eigenvalue weighted by molar-refractivity contribution is 5.84. The molecule has 1 heterocycles. The summed E-state index contributed by atoms with van der Waals surface area (Å²) in [5.74, 6) is 0.699. The summed E-state index contributed by atoms with van der Waals surface area (Å²) < 4.78 is 2.48. The molecular formula is C30H29NO. The molecule has 1 aromatic heterocycles. The molecule has 0 radical (unpaired) electrons. The van der Waals surface area contributed by atoms with Gasteiger partial charge in [-0.25, -0.2) is 0 Å². The van der Waals surface area contributed by atoms with Crippen molar-refractivity contribution in [3.8, 4) is 5.75 Å². The molecule has 0 saturated heterocycles. The van der Waals surface area contributed by atoms with Gasteiger partial charge in [0.25, 0.3) is 0 Å². The maximum absolute atomic E-state index is 9.87. The van der Waals surface area contributed by atoms with Gasteiger partial charge in [-0.3, -0.25) is 0 Å². The van der Waals surface area contributed by atoms with Gasteiger partial charge < -0.3 is 9.67 Å². The van der Waals surface area contributed by atoms with Crippen molar-refractivity contribution in [1.82, 2.24) is 4.57 Å². The van der Waals surface area contributed by atoms with E-state index in [1.54, 1.807) is 6.07 Å². The summed E-state index contributed by atoms with van der Waals surface area (Å²) in [7, 11) is 0. The normalized spacial score (nSPS) is 13.4. The zero-order valence-corrected chi connectivity index (χ0v) is 18.5.